The minimum Gasteiger partial charge on any atom is -0.358 e. The molecule has 0 aromatic heterocycles. The number of nitrogens with one attached hydrogen (secondary N) is 3. The number of rotatable bonds is 7. The van der Waals surface area contributed by atoms with Crippen molar-refractivity contribution >= 4 is 5.91 Å². The molecule has 0 bridgehead atoms. The largest absolute Gasteiger partial charge is 0.358 e. The Morgan fingerprint density at radius 2 is 2.19 bits per heavy atom. The Balaban J connectivity index is 2.05. The second-order valence-corrected chi connectivity index (χ2v) is 4.50. The van der Waals surface area contributed by atoms with Crippen LogP contribution in [-0.2, 0) is 4.79 Å². The van der Waals surface area contributed by atoms with Crippen LogP contribution in [0.2, 0.25) is 0 Å². The van der Waals surface area contributed by atoms with Crippen LogP contribution in [0.25, 0.3) is 0 Å². The fourth-order valence-electron chi connectivity index (χ4n) is 2.13. The molecular formula is C12H25N3O. The molecule has 1 fully saturated rings. The van der Waals surface area contributed by atoms with Crippen LogP contribution in [0, 0.1) is 0 Å². The number of unbranched alkanes of at least 4 members (excludes halogenated alkanes) is 1. The first-order valence-corrected chi connectivity index (χ1v) is 6.46. The molecule has 0 aliphatic carbocycles. The van der Waals surface area contributed by atoms with Gasteiger partial charge in [-0.1, -0.05) is 13.3 Å². The topological polar surface area (TPSA) is 53.2 Å². The average Bonchev–Trinajstić information content (AvgIpc) is 2.76. The molecule has 2 atom stereocenters. The highest BCUT2D eigenvalue weighted by Gasteiger charge is 2.27. The SMILES string of the molecule is CCCCNCCC1CCC(C(=O)NC)N1. The normalized spacial score (nSPS) is 24.6. The number of carbonyl (C=O) groups excluding carboxylic acids is 1. The summed E-state index contributed by atoms with van der Waals surface area (Å²) in [5.41, 5.74) is 0. The second-order valence-electron chi connectivity index (χ2n) is 4.50. The Hall–Kier alpha value is -0.610. The highest BCUT2D eigenvalue weighted by molar-refractivity contribution is 5.81. The Labute approximate surface area is 98.6 Å². The highest BCUT2D eigenvalue weighted by atomic mass is 16.2. The van der Waals surface area contributed by atoms with E-state index in [2.05, 4.69) is 22.9 Å². The van der Waals surface area contributed by atoms with Crippen LogP contribution < -0.4 is 16.0 Å². The van der Waals surface area contributed by atoms with Gasteiger partial charge in [0, 0.05) is 13.1 Å². The molecule has 0 aromatic carbocycles. The molecule has 1 heterocycles. The summed E-state index contributed by atoms with van der Waals surface area (Å²) in [5.74, 6) is 0.126. The van der Waals surface area contributed by atoms with Gasteiger partial charge in [-0.2, -0.15) is 0 Å². The highest BCUT2D eigenvalue weighted by Crippen LogP contribution is 2.14. The summed E-state index contributed by atoms with van der Waals surface area (Å²) in [6.45, 7) is 4.37. The quantitative estimate of drug-likeness (QED) is 0.559. The van der Waals surface area contributed by atoms with Crippen molar-refractivity contribution in [2.24, 2.45) is 0 Å². The zero-order valence-corrected chi connectivity index (χ0v) is 10.5. The number of likely N-dealkylation sites (N-methyl/N-ethyl adjacent to an activating group) is 1. The molecule has 3 N–H and O–H groups in total. The summed E-state index contributed by atoms with van der Waals surface area (Å²) in [4.78, 5) is 11.4. The standard InChI is InChI=1S/C12H25N3O/c1-3-4-8-14-9-7-10-5-6-11(15-10)12(16)13-2/h10-11,14-15H,3-9H2,1-2H3,(H,13,16). The molecule has 2 unspecified atom stereocenters. The first kappa shape index (κ1) is 13.5. The zero-order valence-electron chi connectivity index (χ0n) is 10.5. The van der Waals surface area contributed by atoms with Crippen molar-refractivity contribution in [1.82, 2.24) is 16.0 Å². The summed E-state index contributed by atoms with van der Waals surface area (Å²) < 4.78 is 0. The first-order chi connectivity index (χ1) is 7.77. The minimum absolute atomic E-state index is 0.0330. The molecule has 0 aromatic rings. The van der Waals surface area contributed by atoms with Crippen molar-refractivity contribution in [1.29, 1.82) is 0 Å². The lowest BCUT2D eigenvalue weighted by atomic mass is 10.1. The van der Waals surface area contributed by atoms with Gasteiger partial charge in [0.2, 0.25) is 5.91 Å². The average molecular weight is 227 g/mol. The number of hydrogen-bond donors (Lipinski definition) is 3. The fourth-order valence-corrected chi connectivity index (χ4v) is 2.13. The fraction of sp³-hybridized carbons (Fsp3) is 0.917. The summed E-state index contributed by atoms with van der Waals surface area (Å²) >= 11 is 0. The van der Waals surface area contributed by atoms with Crippen LogP contribution in [-0.4, -0.2) is 38.1 Å². The molecule has 1 rings (SSSR count). The van der Waals surface area contributed by atoms with E-state index in [1.807, 2.05) is 0 Å². The lowest BCUT2D eigenvalue weighted by molar-refractivity contribution is -0.122. The summed E-state index contributed by atoms with van der Waals surface area (Å²) in [7, 11) is 1.70. The van der Waals surface area contributed by atoms with Gasteiger partial charge in [-0.3, -0.25) is 4.79 Å². The van der Waals surface area contributed by atoms with Gasteiger partial charge in [0.25, 0.3) is 0 Å². The Morgan fingerprint density at radius 1 is 1.38 bits per heavy atom. The van der Waals surface area contributed by atoms with Gasteiger partial charge < -0.3 is 16.0 Å². The molecule has 0 spiro atoms. The lowest BCUT2D eigenvalue weighted by Gasteiger charge is -2.13. The van der Waals surface area contributed by atoms with Crippen LogP contribution in [0.3, 0.4) is 0 Å². The molecule has 1 saturated heterocycles. The van der Waals surface area contributed by atoms with E-state index in [0.29, 0.717) is 6.04 Å². The van der Waals surface area contributed by atoms with Gasteiger partial charge in [0.05, 0.1) is 6.04 Å². The van der Waals surface area contributed by atoms with Crippen molar-refractivity contribution in [2.75, 3.05) is 20.1 Å². The molecule has 4 nitrogen and oxygen atoms in total. The maximum absolute atomic E-state index is 11.4. The third-order valence-corrected chi connectivity index (χ3v) is 3.18. The molecule has 1 aliphatic heterocycles. The Morgan fingerprint density at radius 3 is 2.88 bits per heavy atom. The van der Waals surface area contributed by atoms with E-state index in [-0.39, 0.29) is 11.9 Å². The van der Waals surface area contributed by atoms with Crippen LogP contribution in [0.5, 0.6) is 0 Å². The van der Waals surface area contributed by atoms with Crippen LogP contribution in [0.4, 0.5) is 0 Å². The molecule has 0 radical (unpaired) electrons. The van der Waals surface area contributed by atoms with E-state index >= 15 is 0 Å². The maximum Gasteiger partial charge on any atom is 0.236 e. The van der Waals surface area contributed by atoms with Crippen molar-refractivity contribution in [3.8, 4) is 0 Å². The summed E-state index contributed by atoms with van der Waals surface area (Å²) in [6, 6.07) is 0.544. The molecule has 1 aliphatic rings. The van der Waals surface area contributed by atoms with E-state index in [1.165, 1.54) is 12.8 Å². The maximum atomic E-state index is 11.4. The number of amides is 1. The van der Waals surface area contributed by atoms with Gasteiger partial charge in [-0.05, 0) is 38.8 Å². The Kier molecular flexibility index (Phi) is 6.42. The van der Waals surface area contributed by atoms with Crippen LogP contribution >= 0.6 is 0 Å². The molecule has 4 heteroatoms. The Bertz CT molecular complexity index is 208. The van der Waals surface area contributed by atoms with E-state index in [9.17, 15) is 4.79 Å². The molecule has 1 amide bonds. The monoisotopic (exact) mass is 227 g/mol. The van der Waals surface area contributed by atoms with Gasteiger partial charge in [-0.25, -0.2) is 0 Å². The van der Waals surface area contributed by atoms with Crippen LogP contribution in [0.1, 0.15) is 39.0 Å². The zero-order chi connectivity index (χ0) is 11.8. The summed E-state index contributed by atoms with van der Waals surface area (Å²) in [5, 5.41) is 9.51. The van der Waals surface area contributed by atoms with Gasteiger partial charge in [0.15, 0.2) is 0 Å². The van der Waals surface area contributed by atoms with E-state index < -0.39 is 0 Å². The minimum atomic E-state index is 0.0330. The smallest absolute Gasteiger partial charge is 0.236 e. The van der Waals surface area contributed by atoms with Crippen molar-refractivity contribution in [3.05, 3.63) is 0 Å². The van der Waals surface area contributed by atoms with Crippen LogP contribution in [0.15, 0.2) is 0 Å². The number of carbonyl (C=O) groups is 1. The predicted molar refractivity (Wildman–Crippen MR) is 66.4 cm³/mol. The third-order valence-electron chi connectivity index (χ3n) is 3.18. The van der Waals surface area contributed by atoms with Crippen molar-refractivity contribution in [2.45, 2.75) is 51.1 Å². The second kappa shape index (κ2) is 7.63. The van der Waals surface area contributed by atoms with E-state index in [4.69, 9.17) is 0 Å². The lowest BCUT2D eigenvalue weighted by Crippen LogP contribution is -2.41. The summed E-state index contributed by atoms with van der Waals surface area (Å²) in [6.07, 6.45) is 5.70. The number of hydrogen-bond acceptors (Lipinski definition) is 3. The van der Waals surface area contributed by atoms with E-state index in [0.717, 1.165) is 32.4 Å². The van der Waals surface area contributed by atoms with Gasteiger partial charge >= 0.3 is 0 Å². The van der Waals surface area contributed by atoms with E-state index in [1.54, 1.807) is 7.05 Å². The molecule has 94 valence electrons. The third kappa shape index (κ3) is 4.49. The first-order valence-electron chi connectivity index (χ1n) is 6.46. The predicted octanol–water partition coefficient (Wildman–Crippen LogP) is 0.633. The molecule has 0 saturated carbocycles. The van der Waals surface area contributed by atoms with Gasteiger partial charge in [0.1, 0.15) is 0 Å². The van der Waals surface area contributed by atoms with Crippen molar-refractivity contribution in [3.63, 3.8) is 0 Å². The molecular weight excluding hydrogens is 202 g/mol. The van der Waals surface area contributed by atoms with Gasteiger partial charge in [-0.15, -0.1) is 0 Å². The van der Waals surface area contributed by atoms with Crippen molar-refractivity contribution < 1.29 is 4.79 Å². The molecule has 16 heavy (non-hydrogen) atoms.